The Hall–Kier alpha value is -1.65. The lowest BCUT2D eigenvalue weighted by molar-refractivity contribution is 0.247. The minimum atomic E-state index is 0.440. The van der Waals surface area contributed by atoms with E-state index in [-0.39, 0.29) is 0 Å². The first-order valence-corrected chi connectivity index (χ1v) is 7.67. The molecule has 0 amide bonds. The molecule has 114 valence electrons. The lowest BCUT2D eigenvalue weighted by atomic mass is 10.2. The normalized spacial score (nSPS) is 11.5. The molecule has 1 aromatic heterocycles. The van der Waals surface area contributed by atoms with Crippen LogP contribution in [-0.4, -0.2) is 27.5 Å². The van der Waals surface area contributed by atoms with Crippen molar-refractivity contribution in [1.29, 1.82) is 0 Å². The molecule has 1 heterocycles. The predicted octanol–water partition coefficient (Wildman–Crippen LogP) is 2.82. The number of rotatable bonds is 8. The predicted molar refractivity (Wildman–Crippen MR) is 86.8 cm³/mol. The van der Waals surface area contributed by atoms with E-state index in [0.29, 0.717) is 6.04 Å². The smallest absolute Gasteiger partial charge is 0.0951 e. The highest BCUT2D eigenvalue weighted by molar-refractivity contribution is 5.14. The molecule has 2 rings (SSSR count). The summed E-state index contributed by atoms with van der Waals surface area (Å²) in [5.74, 6) is 0. The van der Waals surface area contributed by atoms with Crippen LogP contribution < -0.4 is 5.73 Å². The molecule has 2 N–H and O–H groups in total. The molecule has 0 fully saturated rings. The van der Waals surface area contributed by atoms with Crippen LogP contribution in [0.5, 0.6) is 0 Å². The highest BCUT2D eigenvalue weighted by Gasteiger charge is 2.11. The van der Waals surface area contributed by atoms with Crippen LogP contribution in [0.1, 0.15) is 37.6 Å². The van der Waals surface area contributed by atoms with Crippen LogP contribution in [0, 0.1) is 0 Å². The highest BCUT2D eigenvalue weighted by atomic mass is 15.2. The molecule has 0 bridgehead atoms. The van der Waals surface area contributed by atoms with Gasteiger partial charge in [-0.25, -0.2) is 4.98 Å². The van der Waals surface area contributed by atoms with Crippen LogP contribution >= 0.6 is 0 Å². The van der Waals surface area contributed by atoms with Gasteiger partial charge >= 0.3 is 0 Å². The van der Waals surface area contributed by atoms with E-state index < -0.39 is 0 Å². The Morgan fingerprint density at radius 1 is 1.19 bits per heavy atom. The second kappa shape index (κ2) is 7.96. The van der Waals surface area contributed by atoms with E-state index in [1.807, 2.05) is 12.5 Å². The van der Waals surface area contributed by atoms with Gasteiger partial charge in [0.25, 0.3) is 0 Å². The molecule has 0 aliphatic heterocycles. The van der Waals surface area contributed by atoms with Crippen molar-refractivity contribution in [3.05, 3.63) is 54.1 Å². The summed E-state index contributed by atoms with van der Waals surface area (Å²) in [5.41, 5.74) is 8.28. The average molecular weight is 286 g/mol. The number of imidazole rings is 1. The van der Waals surface area contributed by atoms with Gasteiger partial charge in [0.2, 0.25) is 0 Å². The van der Waals surface area contributed by atoms with Crippen LogP contribution in [0.25, 0.3) is 0 Å². The lowest BCUT2D eigenvalue weighted by Gasteiger charge is -2.23. The van der Waals surface area contributed by atoms with Crippen LogP contribution in [0.15, 0.2) is 42.9 Å². The third-order valence-corrected chi connectivity index (χ3v) is 3.62. The molecule has 21 heavy (non-hydrogen) atoms. The SMILES string of the molecule is CC(C)n1cncc1CN(CCCN)Cc1ccccc1. The van der Waals surface area contributed by atoms with E-state index in [2.05, 4.69) is 58.6 Å². The molecule has 0 aliphatic rings. The van der Waals surface area contributed by atoms with Crippen LogP contribution in [0.3, 0.4) is 0 Å². The second-order valence-electron chi connectivity index (χ2n) is 5.72. The van der Waals surface area contributed by atoms with Gasteiger partial charge in [0, 0.05) is 31.9 Å². The zero-order valence-electron chi connectivity index (χ0n) is 13.1. The Morgan fingerprint density at radius 3 is 2.62 bits per heavy atom. The zero-order valence-corrected chi connectivity index (χ0v) is 13.1. The number of benzene rings is 1. The van der Waals surface area contributed by atoms with Gasteiger partial charge in [-0.3, -0.25) is 4.90 Å². The van der Waals surface area contributed by atoms with Gasteiger partial charge < -0.3 is 10.3 Å². The van der Waals surface area contributed by atoms with Crippen LogP contribution in [0.2, 0.25) is 0 Å². The van der Waals surface area contributed by atoms with Gasteiger partial charge in [-0.15, -0.1) is 0 Å². The summed E-state index contributed by atoms with van der Waals surface area (Å²) in [5, 5.41) is 0. The quantitative estimate of drug-likeness (QED) is 0.811. The number of nitrogens with zero attached hydrogens (tertiary/aromatic N) is 3. The standard InChI is InChI=1S/C17H26N4/c1-15(2)21-14-19-11-17(21)13-20(10-6-9-18)12-16-7-4-3-5-8-16/h3-5,7-8,11,14-15H,6,9-10,12-13,18H2,1-2H3. The lowest BCUT2D eigenvalue weighted by Crippen LogP contribution is -2.27. The summed E-state index contributed by atoms with van der Waals surface area (Å²) >= 11 is 0. The molecule has 0 saturated carbocycles. The monoisotopic (exact) mass is 286 g/mol. The number of nitrogens with two attached hydrogens (primary N) is 1. The first-order chi connectivity index (χ1) is 10.2. The van der Waals surface area contributed by atoms with Gasteiger partial charge in [-0.2, -0.15) is 0 Å². The summed E-state index contributed by atoms with van der Waals surface area (Å²) in [7, 11) is 0. The van der Waals surface area contributed by atoms with Crippen LogP contribution in [0.4, 0.5) is 0 Å². The van der Waals surface area contributed by atoms with E-state index in [4.69, 9.17) is 5.73 Å². The van der Waals surface area contributed by atoms with Crippen LogP contribution in [-0.2, 0) is 13.1 Å². The minimum absolute atomic E-state index is 0.440. The molecule has 0 unspecified atom stereocenters. The maximum absolute atomic E-state index is 5.68. The molecule has 0 atom stereocenters. The molecule has 1 aromatic carbocycles. The second-order valence-corrected chi connectivity index (χ2v) is 5.72. The van der Waals surface area contributed by atoms with Gasteiger partial charge in [-0.1, -0.05) is 30.3 Å². The zero-order chi connectivity index (χ0) is 15.1. The van der Waals surface area contributed by atoms with E-state index in [9.17, 15) is 0 Å². The van der Waals surface area contributed by atoms with Crippen molar-refractivity contribution in [2.75, 3.05) is 13.1 Å². The van der Waals surface area contributed by atoms with E-state index >= 15 is 0 Å². The van der Waals surface area contributed by atoms with Crippen molar-refractivity contribution >= 4 is 0 Å². The minimum Gasteiger partial charge on any atom is -0.331 e. The fraction of sp³-hybridized carbons (Fsp3) is 0.471. The molecule has 0 radical (unpaired) electrons. The summed E-state index contributed by atoms with van der Waals surface area (Å²) in [6.07, 6.45) is 4.91. The first-order valence-electron chi connectivity index (χ1n) is 7.67. The fourth-order valence-corrected chi connectivity index (χ4v) is 2.52. The Balaban J connectivity index is 2.07. The summed E-state index contributed by atoms with van der Waals surface area (Å²) in [6.45, 7) is 7.97. The van der Waals surface area contributed by atoms with Crippen molar-refractivity contribution in [3.63, 3.8) is 0 Å². The number of hydrogen-bond acceptors (Lipinski definition) is 3. The first kappa shape index (κ1) is 15.7. The Labute approximate surface area is 127 Å². The van der Waals surface area contributed by atoms with Gasteiger partial charge in [0.15, 0.2) is 0 Å². The largest absolute Gasteiger partial charge is 0.331 e. The molecular weight excluding hydrogens is 260 g/mol. The topological polar surface area (TPSA) is 47.1 Å². The van der Waals surface area contributed by atoms with Crippen molar-refractivity contribution in [2.45, 2.75) is 39.4 Å². The fourth-order valence-electron chi connectivity index (χ4n) is 2.52. The molecule has 0 saturated heterocycles. The Bertz CT molecular complexity index is 519. The van der Waals surface area contributed by atoms with Gasteiger partial charge in [0.1, 0.15) is 0 Å². The van der Waals surface area contributed by atoms with Crippen molar-refractivity contribution in [2.24, 2.45) is 5.73 Å². The third-order valence-electron chi connectivity index (χ3n) is 3.62. The Kier molecular flexibility index (Phi) is 5.96. The molecule has 4 nitrogen and oxygen atoms in total. The van der Waals surface area contributed by atoms with Gasteiger partial charge in [0.05, 0.1) is 12.0 Å². The van der Waals surface area contributed by atoms with Crippen molar-refractivity contribution in [3.8, 4) is 0 Å². The summed E-state index contributed by atoms with van der Waals surface area (Å²) in [6, 6.07) is 11.0. The highest BCUT2D eigenvalue weighted by Crippen LogP contribution is 2.14. The van der Waals surface area contributed by atoms with E-state index in [0.717, 1.165) is 32.6 Å². The van der Waals surface area contributed by atoms with Crippen molar-refractivity contribution < 1.29 is 0 Å². The molecule has 0 aliphatic carbocycles. The molecule has 4 heteroatoms. The maximum Gasteiger partial charge on any atom is 0.0951 e. The third kappa shape index (κ3) is 4.69. The number of hydrogen-bond donors (Lipinski definition) is 1. The summed E-state index contributed by atoms with van der Waals surface area (Å²) in [4.78, 5) is 6.74. The van der Waals surface area contributed by atoms with E-state index in [1.54, 1.807) is 0 Å². The van der Waals surface area contributed by atoms with Gasteiger partial charge in [-0.05, 0) is 32.4 Å². The molecule has 2 aromatic rings. The number of aromatic nitrogens is 2. The molecule has 0 spiro atoms. The van der Waals surface area contributed by atoms with E-state index in [1.165, 1.54) is 11.3 Å². The Morgan fingerprint density at radius 2 is 1.95 bits per heavy atom. The summed E-state index contributed by atoms with van der Waals surface area (Å²) < 4.78 is 2.24. The average Bonchev–Trinajstić information content (AvgIpc) is 2.94. The maximum atomic E-state index is 5.68. The molecular formula is C17H26N4. The van der Waals surface area contributed by atoms with Crippen molar-refractivity contribution in [1.82, 2.24) is 14.5 Å².